The van der Waals surface area contributed by atoms with Crippen LogP contribution in [-0.2, 0) is 35.8 Å². The molecule has 2 aliphatic heterocycles. The molecule has 0 aromatic heterocycles. The Labute approximate surface area is 257 Å². The fourth-order valence-corrected chi connectivity index (χ4v) is 7.50. The van der Waals surface area contributed by atoms with Crippen LogP contribution in [0.5, 0.6) is 0 Å². The van der Waals surface area contributed by atoms with Crippen LogP contribution in [0.1, 0.15) is 47.9 Å². The Bertz CT molecular complexity index is 1310. The molecule has 0 spiro atoms. The van der Waals surface area contributed by atoms with E-state index in [2.05, 4.69) is 52.3 Å². The van der Waals surface area contributed by atoms with E-state index in [0.717, 1.165) is 82.8 Å². The van der Waals surface area contributed by atoms with Gasteiger partial charge in [0.2, 0.25) is 0 Å². The van der Waals surface area contributed by atoms with Crippen molar-refractivity contribution in [1.29, 1.82) is 0 Å². The van der Waals surface area contributed by atoms with Crippen molar-refractivity contribution < 1.29 is 8.42 Å². The minimum atomic E-state index is -3.26. The molecule has 2 heterocycles. The van der Waals surface area contributed by atoms with E-state index in [1.54, 1.807) is 0 Å². The quantitative estimate of drug-likeness (QED) is 0.252. The number of fused-ring (bicyclic) bond motifs is 1. The van der Waals surface area contributed by atoms with Gasteiger partial charge in [0.05, 0.1) is 10.6 Å². The molecular formula is C32H41Cl3N2O2S. The van der Waals surface area contributed by atoms with Gasteiger partial charge in [-0.1, -0.05) is 66.2 Å². The highest BCUT2D eigenvalue weighted by Gasteiger charge is 2.22. The van der Waals surface area contributed by atoms with Gasteiger partial charge in [-0.25, -0.2) is 8.42 Å². The lowest BCUT2D eigenvalue weighted by Gasteiger charge is -2.32. The smallest absolute Gasteiger partial charge is 0.178 e. The number of nitrogens with zero attached hydrogens (tertiary/aromatic N) is 2. The molecule has 8 heteroatoms. The van der Waals surface area contributed by atoms with Crippen molar-refractivity contribution in [1.82, 2.24) is 9.80 Å². The molecule has 0 radical (unpaired) electrons. The van der Waals surface area contributed by atoms with Gasteiger partial charge in [-0.3, -0.25) is 9.80 Å². The summed E-state index contributed by atoms with van der Waals surface area (Å²) in [6.45, 7) is 5.90. The minimum Gasteiger partial charge on any atom is -0.299 e. The molecule has 2 aliphatic rings. The van der Waals surface area contributed by atoms with Gasteiger partial charge in [0, 0.05) is 31.2 Å². The van der Waals surface area contributed by atoms with Crippen LogP contribution in [0.4, 0.5) is 0 Å². The van der Waals surface area contributed by atoms with Crippen LogP contribution >= 0.6 is 36.4 Å². The Morgan fingerprint density at radius 1 is 0.750 bits per heavy atom. The number of piperidine rings is 1. The van der Waals surface area contributed by atoms with E-state index >= 15 is 0 Å². The summed E-state index contributed by atoms with van der Waals surface area (Å²) in [5, 5.41) is 0.835. The number of hydrogen-bond donors (Lipinski definition) is 0. The standard InChI is InChI=1S/C32H39ClN2O2S.2ClH/c33-32-11-5-4-10-30(32)25-35-18-14-26(15-19-35)9-6-22-38(36,37)31-13-12-28-16-20-34(21-17-29(28)23-31)24-27-7-2-1-3-8-27;;/h1-5,7-8,10-13,23,26H,6,9,14-22,24-25H2;2*1H. The van der Waals surface area contributed by atoms with Crippen molar-refractivity contribution in [3.05, 3.63) is 100 Å². The third-order valence-corrected chi connectivity index (χ3v) is 10.4. The molecule has 4 nitrogen and oxygen atoms in total. The molecule has 0 unspecified atom stereocenters. The van der Waals surface area contributed by atoms with Gasteiger partial charge in [0.25, 0.3) is 0 Å². The van der Waals surface area contributed by atoms with Gasteiger partial charge >= 0.3 is 0 Å². The van der Waals surface area contributed by atoms with E-state index in [4.69, 9.17) is 11.6 Å². The normalized spacial score (nSPS) is 16.8. The predicted molar refractivity (Wildman–Crippen MR) is 171 cm³/mol. The maximum Gasteiger partial charge on any atom is 0.178 e. The number of benzene rings is 3. The summed E-state index contributed by atoms with van der Waals surface area (Å²) in [5.41, 5.74) is 5.01. The lowest BCUT2D eigenvalue weighted by molar-refractivity contribution is 0.172. The highest BCUT2D eigenvalue weighted by atomic mass is 35.5. The van der Waals surface area contributed by atoms with Crippen LogP contribution in [-0.4, -0.2) is 50.1 Å². The van der Waals surface area contributed by atoms with Crippen LogP contribution in [0.3, 0.4) is 0 Å². The van der Waals surface area contributed by atoms with Crippen molar-refractivity contribution in [3.63, 3.8) is 0 Å². The number of hydrogen-bond acceptors (Lipinski definition) is 4. The van der Waals surface area contributed by atoms with Crippen LogP contribution in [0, 0.1) is 5.92 Å². The molecule has 5 rings (SSSR count). The molecule has 218 valence electrons. The second-order valence-electron chi connectivity index (χ2n) is 11.0. The fourth-order valence-electron chi connectivity index (χ4n) is 5.92. The summed E-state index contributed by atoms with van der Waals surface area (Å²) in [4.78, 5) is 5.44. The van der Waals surface area contributed by atoms with Gasteiger partial charge in [-0.05, 0) is 98.0 Å². The summed E-state index contributed by atoms with van der Waals surface area (Å²) in [5.74, 6) is 0.849. The van der Waals surface area contributed by atoms with E-state index in [1.807, 2.05) is 30.3 Å². The number of likely N-dealkylation sites (tertiary alicyclic amines) is 1. The van der Waals surface area contributed by atoms with Crippen molar-refractivity contribution in [2.45, 2.75) is 56.5 Å². The zero-order valence-electron chi connectivity index (χ0n) is 23.0. The molecule has 1 saturated heterocycles. The van der Waals surface area contributed by atoms with Gasteiger partial charge in [-0.15, -0.1) is 24.8 Å². The molecule has 0 bridgehead atoms. The first-order chi connectivity index (χ1) is 18.5. The van der Waals surface area contributed by atoms with E-state index < -0.39 is 9.84 Å². The molecule has 0 saturated carbocycles. The predicted octanol–water partition coefficient (Wildman–Crippen LogP) is 7.25. The Kier molecular flexibility index (Phi) is 12.8. The molecule has 3 aromatic rings. The van der Waals surface area contributed by atoms with Crippen molar-refractivity contribution in [2.24, 2.45) is 5.92 Å². The summed E-state index contributed by atoms with van der Waals surface area (Å²) in [6, 6.07) is 24.5. The van der Waals surface area contributed by atoms with E-state index in [-0.39, 0.29) is 30.6 Å². The first-order valence-electron chi connectivity index (χ1n) is 14.0. The van der Waals surface area contributed by atoms with Crippen molar-refractivity contribution in [2.75, 3.05) is 31.9 Å². The Morgan fingerprint density at radius 3 is 2.12 bits per heavy atom. The van der Waals surface area contributed by atoms with Gasteiger partial charge in [0.1, 0.15) is 0 Å². The maximum atomic E-state index is 13.2. The zero-order chi connectivity index (χ0) is 26.4. The topological polar surface area (TPSA) is 40.6 Å². The number of halogens is 3. The average Bonchev–Trinajstić information content (AvgIpc) is 3.13. The van der Waals surface area contributed by atoms with Crippen LogP contribution < -0.4 is 0 Å². The Balaban J connectivity index is 0.00000220. The Hall–Kier alpha value is -1.60. The second kappa shape index (κ2) is 15.6. The summed E-state index contributed by atoms with van der Waals surface area (Å²) in [7, 11) is -3.26. The van der Waals surface area contributed by atoms with Gasteiger partial charge in [-0.2, -0.15) is 0 Å². The third kappa shape index (κ3) is 8.95. The highest BCUT2D eigenvalue weighted by Crippen LogP contribution is 2.27. The second-order valence-corrected chi connectivity index (χ2v) is 13.5. The van der Waals surface area contributed by atoms with Crippen LogP contribution in [0.25, 0.3) is 0 Å². The molecular weight excluding hydrogens is 583 g/mol. The lowest BCUT2D eigenvalue weighted by atomic mass is 9.92. The molecule has 1 fully saturated rings. The molecule has 3 aromatic carbocycles. The Morgan fingerprint density at radius 2 is 1.40 bits per heavy atom. The largest absolute Gasteiger partial charge is 0.299 e. The van der Waals surface area contributed by atoms with Crippen molar-refractivity contribution in [3.8, 4) is 0 Å². The first kappa shape index (κ1) is 32.9. The van der Waals surface area contributed by atoms with Gasteiger partial charge < -0.3 is 0 Å². The fraction of sp³-hybridized carbons (Fsp3) is 0.438. The highest BCUT2D eigenvalue weighted by molar-refractivity contribution is 7.91. The summed E-state index contributed by atoms with van der Waals surface area (Å²) < 4.78 is 26.4. The van der Waals surface area contributed by atoms with Crippen LogP contribution in [0.2, 0.25) is 5.02 Å². The van der Waals surface area contributed by atoms with Gasteiger partial charge in [0.15, 0.2) is 9.84 Å². The molecule has 0 atom stereocenters. The number of sulfone groups is 1. The SMILES string of the molecule is Cl.Cl.O=S(=O)(CCCC1CCN(Cc2ccccc2Cl)CC1)c1ccc2c(c1)CCN(Cc1ccccc1)CC2. The molecule has 0 N–H and O–H groups in total. The third-order valence-electron chi connectivity index (χ3n) is 8.26. The summed E-state index contributed by atoms with van der Waals surface area (Å²) in [6.07, 6.45) is 5.85. The van der Waals surface area contributed by atoms with E-state index in [9.17, 15) is 8.42 Å². The van der Waals surface area contributed by atoms with E-state index in [0.29, 0.717) is 10.8 Å². The molecule has 0 amide bonds. The lowest BCUT2D eigenvalue weighted by Crippen LogP contribution is -2.33. The van der Waals surface area contributed by atoms with Crippen LogP contribution in [0.15, 0.2) is 77.7 Å². The molecule has 0 aliphatic carbocycles. The maximum absolute atomic E-state index is 13.2. The first-order valence-corrected chi connectivity index (χ1v) is 16.1. The zero-order valence-corrected chi connectivity index (χ0v) is 26.2. The van der Waals surface area contributed by atoms with E-state index in [1.165, 1.54) is 22.3 Å². The average molecular weight is 624 g/mol. The summed E-state index contributed by atoms with van der Waals surface area (Å²) >= 11 is 6.33. The number of rotatable bonds is 9. The molecule has 40 heavy (non-hydrogen) atoms. The monoisotopic (exact) mass is 622 g/mol. The minimum absolute atomic E-state index is 0. The van der Waals surface area contributed by atoms with Crippen molar-refractivity contribution >= 4 is 46.3 Å².